The average Bonchev–Trinajstić information content (AvgIpc) is 3.50. The first-order chi connectivity index (χ1) is 24.2. The summed E-state index contributed by atoms with van der Waals surface area (Å²) >= 11 is 0. The lowest BCUT2D eigenvalue weighted by Gasteiger charge is -2.19. The second-order valence-electron chi connectivity index (χ2n) is 12.3. The topological polar surface area (TPSA) is 33.1 Å². The minimum atomic E-state index is 0.435. The molecule has 0 aliphatic rings. The smallest absolute Gasteiger partial charge is 0.189 e. The molecular weight excluding hydrogens is 595 g/mol. The number of nitriles is 1. The number of rotatable bonds is 4. The van der Waals surface area contributed by atoms with Crippen molar-refractivity contribution < 1.29 is 0 Å². The van der Waals surface area contributed by atoms with Crippen molar-refractivity contribution in [2.75, 3.05) is 0 Å². The van der Waals surface area contributed by atoms with E-state index in [0.29, 0.717) is 11.3 Å². The number of nitrogens with zero attached hydrogens (tertiary/aromatic N) is 3. The fraction of sp³-hybridized carbons (Fsp3) is 0. The molecular formula is C46H27N3. The molecule has 8 aromatic carbocycles. The molecule has 226 valence electrons. The lowest BCUT2D eigenvalue weighted by Crippen LogP contribution is -2.01. The Morgan fingerprint density at radius 2 is 0.939 bits per heavy atom. The van der Waals surface area contributed by atoms with E-state index in [1.807, 2.05) is 18.2 Å². The van der Waals surface area contributed by atoms with Crippen LogP contribution in [-0.4, -0.2) is 4.57 Å². The largest absolute Gasteiger partial charge is 0.307 e. The molecule has 0 fully saturated rings. The van der Waals surface area contributed by atoms with E-state index in [9.17, 15) is 5.26 Å². The summed E-state index contributed by atoms with van der Waals surface area (Å²) in [5.41, 5.74) is 10.1. The lowest BCUT2D eigenvalue weighted by atomic mass is 9.85. The maximum absolute atomic E-state index is 10.6. The van der Waals surface area contributed by atoms with Crippen LogP contribution in [0.3, 0.4) is 0 Å². The van der Waals surface area contributed by atoms with Gasteiger partial charge < -0.3 is 4.57 Å². The van der Waals surface area contributed by atoms with Crippen LogP contribution in [0.4, 0.5) is 5.69 Å². The summed E-state index contributed by atoms with van der Waals surface area (Å²) in [7, 11) is 0. The first-order valence-electron chi connectivity index (χ1n) is 16.3. The quantitative estimate of drug-likeness (QED) is 0.142. The molecule has 0 unspecified atom stereocenters. The number of hydrogen-bond acceptors (Lipinski definition) is 1. The third kappa shape index (κ3) is 4.42. The summed E-state index contributed by atoms with van der Waals surface area (Å²) in [5.74, 6) is 0. The Labute approximate surface area is 284 Å². The Morgan fingerprint density at radius 3 is 1.49 bits per heavy atom. The molecule has 0 aliphatic carbocycles. The van der Waals surface area contributed by atoms with Gasteiger partial charge in [0.1, 0.15) is 6.07 Å². The molecule has 0 aliphatic heterocycles. The molecule has 0 N–H and O–H groups in total. The minimum absolute atomic E-state index is 0.435. The molecule has 9 aromatic rings. The van der Waals surface area contributed by atoms with Crippen LogP contribution in [0.25, 0.3) is 87.3 Å². The van der Waals surface area contributed by atoms with Crippen LogP contribution >= 0.6 is 0 Å². The number of aromatic nitrogens is 1. The van der Waals surface area contributed by atoms with Gasteiger partial charge in [-0.1, -0.05) is 133 Å². The monoisotopic (exact) mass is 621 g/mol. The second-order valence-corrected chi connectivity index (χ2v) is 12.3. The van der Waals surface area contributed by atoms with Crippen molar-refractivity contribution in [3.05, 3.63) is 181 Å². The predicted octanol–water partition coefficient (Wildman–Crippen LogP) is 12.5. The lowest BCUT2D eigenvalue weighted by molar-refractivity contribution is 1.17. The number of benzene rings is 8. The van der Waals surface area contributed by atoms with Gasteiger partial charge in [0.05, 0.1) is 28.9 Å². The standard InChI is InChI=1S/C46H27N3/c1-48-34-27-33(29-47)46(49-42-24-11-9-18-35(42)36-19-10-12-25-43(36)49)41(28-34)31-16-13-17-32(26-31)45-39-22-7-5-20-37(39)44(30-14-3-2-4-15-30)38-21-6-8-23-40(38)45/h2-28H. The van der Waals surface area contributed by atoms with Crippen molar-refractivity contribution >= 4 is 49.0 Å². The normalized spacial score (nSPS) is 11.2. The fourth-order valence-corrected chi connectivity index (χ4v) is 7.59. The van der Waals surface area contributed by atoms with Crippen LogP contribution in [0.2, 0.25) is 0 Å². The molecule has 1 heterocycles. The van der Waals surface area contributed by atoms with Crippen molar-refractivity contribution in [1.82, 2.24) is 4.57 Å². The first kappa shape index (κ1) is 28.3. The van der Waals surface area contributed by atoms with Crippen LogP contribution in [0.5, 0.6) is 0 Å². The molecule has 49 heavy (non-hydrogen) atoms. The summed E-state index contributed by atoms with van der Waals surface area (Å²) < 4.78 is 2.19. The van der Waals surface area contributed by atoms with Crippen molar-refractivity contribution in [1.29, 1.82) is 5.26 Å². The van der Waals surface area contributed by atoms with E-state index in [0.717, 1.165) is 49.7 Å². The molecule has 0 spiro atoms. The zero-order chi connectivity index (χ0) is 32.9. The van der Waals surface area contributed by atoms with Gasteiger partial charge in [0, 0.05) is 10.8 Å². The molecule has 0 saturated heterocycles. The van der Waals surface area contributed by atoms with Gasteiger partial charge in [0.25, 0.3) is 0 Å². The van der Waals surface area contributed by atoms with Crippen molar-refractivity contribution in [2.45, 2.75) is 0 Å². The fourth-order valence-electron chi connectivity index (χ4n) is 7.59. The highest BCUT2D eigenvalue weighted by atomic mass is 15.0. The van der Waals surface area contributed by atoms with Crippen molar-refractivity contribution in [3.8, 4) is 45.1 Å². The third-order valence-electron chi connectivity index (χ3n) is 9.60. The van der Waals surface area contributed by atoms with E-state index in [-0.39, 0.29) is 0 Å². The molecule has 0 atom stereocenters. The van der Waals surface area contributed by atoms with E-state index in [4.69, 9.17) is 6.57 Å². The number of fused-ring (bicyclic) bond motifs is 5. The molecule has 1 aromatic heterocycles. The average molecular weight is 622 g/mol. The van der Waals surface area contributed by atoms with E-state index >= 15 is 0 Å². The maximum Gasteiger partial charge on any atom is 0.189 e. The zero-order valence-corrected chi connectivity index (χ0v) is 26.4. The molecule has 3 heteroatoms. The van der Waals surface area contributed by atoms with Gasteiger partial charge in [0.2, 0.25) is 0 Å². The van der Waals surface area contributed by atoms with Gasteiger partial charge in [-0.15, -0.1) is 0 Å². The van der Waals surface area contributed by atoms with Crippen molar-refractivity contribution in [3.63, 3.8) is 0 Å². The molecule has 9 rings (SSSR count). The van der Waals surface area contributed by atoms with Crippen LogP contribution < -0.4 is 0 Å². The predicted molar refractivity (Wildman–Crippen MR) is 203 cm³/mol. The highest BCUT2D eigenvalue weighted by Crippen LogP contribution is 2.45. The van der Waals surface area contributed by atoms with Crippen LogP contribution in [0.15, 0.2) is 164 Å². The highest BCUT2D eigenvalue weighted by molar-refractivity contribution is 6.21. The minimum Gasteiger partial charge on any atom is -0.307 e. The van der Waals surface area contributed by atoms with E-state index in [1.165, 1.54) is 32.7 Å². The third-order valence-corrected chi connectivity index (χ3v) is 9.60. The van der Waals surface area contributed by atoms with Gasteiger partial charge in [0.15, 0.2) is 5.69 Å². The maximum atomic E-state index is 10.6. The number of para-hydroxylation sites is 2. The summed E-state index contributed by atoms with van der Waals surface area (Å²) in [6, 6.07) is 59.2. The van der Waals surface area contributed by atoms with Crippen LogP contribution in [-0.2, 0) is 0 Å². The van der Waals surface area contributed by atoms with E-state index in [1.54, 1.807) is 6.07 Å². The van der Waals surface area contributed by atoms with Crippen LogP contribution in [0, 0.1) is 17.9 Å². The van der Waals surface area contributed by atoms with Gasteiger partial charge in [-0.25, -0.2) is 4.85 Å². The highest BCUT2D eigenvalue weighted by Gasteiger charge is 2.21. The molecule has 0 amide bonds. The van der Waals surface area contributed by atoms with Gasteiger partial charge in [-0.05, 0) is 85.3 Å². The molecule has 3 nitrogen and oxygen atoms in total. The summed E-state index contributed by atoms with van der Waals surface area (Å²) in [4.78, 5) is 3.80. The molecule has 0 bridgehead atoms. The SMILES string of the molecule is [C-]#[N+]c1cc(C#N)c(-n2c3ccccc3c3ccccc32)c(-c2cccc(-c3c4ccccc4c(-c4ccccc4)c4ccccc34)c2)c1. The summed E-state index contributed by atoms with van der Waals surface area (Å²) in [6.07, 6.45) is 0. The summed E-state index contributed by atoms with van der Waals surface area (Å²) in [6.45, 7) is 7.94. The van der Waals surface area contributed by atoms with Gasteiger partial charge in [-0.2, -0.15) is 5.26 Å². The van der Waals surface area contributed by atoms with Crippen LogP contribution in [0.1, 0.15) is 5.56 Å². The second kappa shape index (κ2) is 11.4. The van der Waals surface area contributed by atoms with E-state index in [2.05, 4.69) is 155 Å². The Balaban J connectivity index is 1.36. The molecule has 0 radical (unpaired) electrons. The van der Waals surface area contributed by atoms with Gasteiger partial charge >= 0.3 is 0 Å². The summed E-state index contributed by atoms with van der Waals surface area (Å²) in [5, 5.41) is 17.5. The number of hydrogen-bond donors (Lipinski definition) is 0. The van der Waals surface area contributed by atoms with Gasteiger partial charge in [-0.3, -0.25) is 0 Å². The zero-order valence-electron chi connectivity index (χ0n) is 26.4. The Bertz CT molecular complexity index is 2740. The van der Waals surface area contributed by atoms with E-state index < -0.39 is 0 Å². The Hall–Kier alpha value is -6.94. The first-order valence-corrected chi connectivity index (χ1v) is 16.3. The Morgan fingerprint density at radius 1 is 0.469 bits per heavy atom. The molecule has 0 saturated carbocycles. The van der Waals surface area contributed by atoms with Crippen molar-refractivity contribution in [2.24, 2.45) is 0 Å². The Kier molecular flexibility index (Phi) is 6.58.